The van der Waals surface area contributed by atoms with E-state index in [4.69, 9.17) is 0 Å². The Hall–Kier alpha value is -2.35. The molecule has 2 rings (SSSR count). The average Bonchev–Trinajstić information content (AvgIpc) is 3.00. The first-order valence-corrected chi connectivity index (χ1v) is 7.50. The zero-order valence-corrected chi connectivity index (χ0v) is 13.2. The number of thiazole rings is 1. The zero-order chi connectivity index (χ0) is 17.0. The molecule has 2 aromatic rings. The van der Waals surface area contributed by atoms with Crippen molar-refractivity contribution >= 4 is 23.2 Å². The summed E-state index contributed by atoms with van der Waals surface area (Å²) in [4.78, 5) is 27.6. The van der Waals surface area contributed by atoms with Crippen molar-refractivity contribution in [3.05, 3.63) is 51.5 Å². The van der Waals surface area contributed by atoms with Gasteiger partial charge in [-0.2, -0.15) is 0 Å². The summed E-state index contributed by atoms with van der Waals surface area (Å²) in [6.45, 7) is 1.66. The second kappa shape index (κ2) is 7.28. The standard InChI is InChI=1S/C15H14F2N2O3S/c1-8(14-18-7-12(23-14)15(21)22-2)19-13(20)6-9-10(16)4-3-5-11(9)17/h3-5,7-8H,6H2,1-2H3,(H,19,20). The van der Waals surface area contributed by atoms with Gasteiger partial charge in [0.15, 0.2) is 0 Å². The van der Waals surface area contributed by atoms with Crippen LogP contribution >= 0.6 is 11.3 Å². The number of nitrogens with zero attached hydrogens (tertiary/aromatic N) is 1. The number of amides is 1. The van der Waals surface area contributed by atoms with Crippen molar-refractivity contribution in [1.82, 2.24) is 10.3 Å². The van der Waals surface area contributed by atoms with Crippen molar-refractivity contribution in [2.24, 2.45) is 0 Å². The molecule has 0 spiro atoms. The lowest BCUT2D eigenvalue weighted by molar-refractivity contribution is -0.121. The Bertz CT molecular complexity index is 713. The van der Waals surface area contributed by atoms with E-state index in [-0.39, 0.29) is 5.56 Å². The summed E-state index contributed by atoms with van der Waals surface area (Å²) in [5.41, 5.74) is -0.286. The quantitative estimate of drug-likeness (QED) is 0.850. The number of esters is 1. The van der Waals surface area contributed by atoms with Crippen LogP contribution in [0.5, 0.6) is 0 Å². The third-order valence-electron chi connectivity index (χ3n) is 3.06. The molecule has 0 bridgehead atoms. The van der Waals surface area contributed by atoms with Crippen molar-refractivity contribution in [2.75, 3.05) is 7.11 Å². The summed E-state index contributed by atoms with van der Waals surface area (Å²) in [5.74, 6) is -2.60. The fourth-order valence-corrected chi connectivity index (χ4v) is 2.74. The van der Waals surface area contributed by atoms with E-state index in [1.807, 2.05) is 0 Å². The van der Waals surface area contributed by atoms with Gasteiger partial charge in [-0.3, -0.25) is 4.79 Å². The molecule has 1 heterocycles. The molecule has 1 amide bonds. The van der Waals surface area contributed by atoms with Crippen LogP contribution in [0, 0.1) is 11.6 Å². The Labute approximate surface area is 135 Å². The molecule has 0 aliphatic rings. The number of aromatic nitrogens is 1. The minimum absolute atomic E-state index is 0.286. The van der Waals surface area contributed by atoms with Gasteiger partial charge in [-0.05, 0) is 19.1 Å². The van der Waals surface area contributed by atoms with Crippen molar-refractivity contribution in [1.29, 1.82) is 0 Å². The minimum Gasteiger partial charge on any atom is -0.465 e. The number of benzene rings is 1. The van der Waals surface area contributed by atoms with Crippen LogP contribution < -0.4 is 5.32 Å². The molecule has 1 N–H and O–H groups in total. The topological polar surface area (TPSA) is 68.3 Å². The molecule has 1 aromatic carbocycles. The van der Waals surface area contributed by atoms with E-state index in [1.54, 1.807) is 6.92 Å². The third kappa shape index (κ3) is 4.10. The Morgan fingerprint density at radius 2 is 2.00 bits per heavy atom. The lowest BCUT2D eigenvalue weighted by Crippen LogP contribution is -2.28. The van der Waals surface area contributed by atoms with Gasteiger partial charge in [0.25, 0.3) is 0 Å². The number of ether oxygens (including phenoxy) is 1. The fourth-order valence-electron chi connectivity index (χ4n) is 1.90. The number of rotatable bonds is 5. The maximum Gasteiger partial charge on any atom is 0.349 e. The van der Waals surface area contributed by atoms with Crippen molar-refractivity contribution in [3.8, 4) is 0 Å². The second-order valence-electron chi connectivity index (χ2n) is 4.72. The van der Waals surface area contributed by atoms with E-state index in [2.05, 4.69) is 15.0 Å². The molecular weight excluding hydrogens is 326 g/mol. The smallest absolute Gasteiger partial charge is 0.349 e. The van der Waals surface area contributed by atoms with Gasteiger partial charge in [-0.1, -0.05) is 6.07 Å². The van der Waals surface area contributed by atoms with E-state index in [9.17, 15) is 18.4 Å². The Morgan fingerprint density at radius 1 is 1.35 bits per heavy atom. The summed E-state index contributed by atoms with van der Waals surface area (Å²) >= 11 is 1.08. The molecule has 0 fully saturated rings. The Morgan fingerprint density at radius 3 is 2.61 bits per heavy atom. The first-order chi connectivity index (χ1) is 10.9. The van der Waals surface area contributed by atoms with Crippen LogP contribution in [0.4, 0.5) is 8.78 Å². The largest absolute Gasteiger partial charge is 0.465 e. The van der Waals surface area contributed by atoms with E-state index in [0.717, 1.165) is 23.5 Å². The first kappa shape index (κ1) is 17.0. The molecule has 8 heteroatoms. The molecule has 0 radical (unpaired) electrons. The predicted molar refractivity (Wildman–Crippen MR) is 80.1 cm³/mol. The van der Waals surface area contributed by atoms with Gasteiger partial charge >= 0.3 is 5.97 Å². The number of carbonyl (C=O) groups excluding carboxylic acids is 2. The van der Waals surface area contributed by atoms with Gasteiger partial charge in [-0.25, -0.2) is 18.6 Å². The highest BCUT2D eigenvalue weighted by molar-refractivity contribution is 7.13. The van der Waals surface area contributed by atoms with Crippen molar-refractivity contribution in [2.45, 2.75) is 19.4 Å². The van der Waals surface area contributed by atoms with Crippen LogP contribution in [0.3, 0.4) is 0 Å². The molecular formula is C15H14F2N2O3S. The monoisotopic (exact) mass is 340 g/mol. The molecule has 0 saturated heterocycles. The zero-order valence-electron chi connectivity index (χ0n) is 12.4. The van der Waals surface area contributed by atoms with Crippen LogP contribution in [0.25, 0.3) is 0 Å². The molecule has 0 saturated carbocycles. The second-order valence-corrected chi connectivity index (χ2v) is 5.78. The summed E-state index contributed by atoms with van der Waals surface area (Å²) in [6, 6.07) is 2.93. The van der Waals surface area contributed by atoms with E-state index >= 15 is 0 Å². The first-order valence-electron chi connectivity index (χ1n) is 6.68. The molecule has 122 valence electrons. The van der Waals surface area contributed by atoms with Crippen molar-refractivity contribution in [3.63, 3.8) is 0 Å². The number of halogens is 2. The third-order valence-corrected chi connectivity index (χ3v) is 4.22. The highest BCUT2D eigenvalue weighted by Gasteiger charge is 2.18. The van der Waals surface area contributed by atoms with Crippen LogP contribution in [0.2, 0.25) is 0 Å². The number of nitrogens with one attached hydrogen (secondary N) is 1. The van der Waals surface area contributed by atoms with E-state index < -0.39 is 36.0 Å². The fraction of sp³-hybridized carbons (Fsp3) is 0.267. The predicted octanol–water partition coefficient (Wildman–Crippen LogP) is 2.63. The Balaban J connectivity index is 2.02. The molecule has 0 aliphatic carbocycles. The summed E-state index contributed by atoms with van der Waals surface area (Å²) in [6.07, 6.45) is 0.934. The van der Waals surface area contributed by atoms with E-state index in [1.165, 1.54) is 19.4 Å². The van der Waals surface area contributed by atoms with Crippen molar-refractivity contribution < 1.29 is 23.1 Å². The van der Waals surface area contributed by atoms with Crippen LogP contribution in [-0.4, -0.2) is 24.0 Å². The van der Waals surface area contributed by atoms with E-state index in [0.29, 0.717) is 9.88 Å². The molecule has 23 heavy (non-hydrogen) atoms. The number of hydrogen-bond donors (Lipinski definition) is 1. The van der Waals surface area contributed by atoms with Crippen LogP contribution in [-0.2, 0) is 16.0 Å². The van der Waals surface area contributed by atoms with Crippen LogP contribution in [0.15, 0.2) is 24.4 Å². The van der Waals surface area contributed by atoms with Gasteiger partial charge in [0.2, 0.25) is 5.91 Å². The van der Waals surface area contributed by atoms with Gasteiger partial charge in [-0.15, -0.1) is 11.3 Å². The normalized spacial score (nSPS) is 11.8. The van der Waals surface area contributed by atoms with Crippen LogP contribution in [0.1, 0.15) is 33.2 Å². The summed E-state index contributed by atoms with van der Waals surface area (Å²) in [7, 11) is 1.26. The average molecular weight is 340 g/mol. The van der Waals surface area contributed by atoms with Gasteiger partial charge in [0, 0.05) is 5.56 Å². The molecule has 5 nitrogen and oxygen atoms in total. The minimum atomic E-state index is -0.768. The summed E-state index contributed by atoms with van der Waals surface area (Å²) < 4.78 is 31.6. The molecule has 1 atom stereocenters. The summed E-state index contributed by atoms with van der Waals surface area (Å²) in [5, 5.41) is 3.09. The number of carbonyl (C=O) groups is 2. The highest BCUT2D eigenvalue weighted by Crippen LogP contribution is 2.21. The maximum atomic E-state index is 13.5. The molecule has 1 unspecified atom stereocenters. The SMILES string of the molecule is COC(=O)c1cnc(C(C)NC(=O)Cc2c(F)cccc2F)s1. The Kier molecular flexibility index (Phi) is 5.38. The molecule has 0 aliphatic heterocycles. The lowest BCUT2D eigenvalue weighted by Gasteiger charge is -2.11. The number of methoxy groups -OCH3 is 1. The number of hydrogen-bond acceptors (Lipinski definition) is 5. The van der Waals surface area contributed by atoms with Gasteiger partial charge in [0.05, 0.1) is 25.8 Å². The van der Waals surface area contributed by atoms with Gasteiger partial charge in [0.1, 0.15) is 21.5 Å². The van der Waals surface area contributed by atoms with Gasteiger partial charge < -0.3 is 10.1 Å². The lowest BCUT2D eigenvalue weighted by atomic mass is 10.1. The molecule has 1 aromatic heterocycles. The maximum absolute atomic E-state index is 13.5. The highest BCUT2D eigenvalue weighted by atomic mass is 32.1.